The van der Waals surface area contributed by atoms with Gasteiger partial charge in [-0.05, 0) is 36.4 Å². The summed E-state index contributed by atoms with van der Waals surface area (Å²) in [6.07, 6.45) is -4.46. The highest BCUT2D eigenvalue weighted by molar-refractivity contribution is 9.10. The zero-order valence-electron chi connectivity index (χ0n) is 14.4. The molecule has 0 bridgehead atoms. The minimum Gasteiger partial charge on any atom is -0.296 e. The van der Waals surface area contributed by atoms with Crippen LogP contribution in [-0.4, -0.2) is 27.6 Å². The van der Waals surface area contributed by atoms with Gasteiger partial charge in [0.05, 0.1) is 11.3 Å². The molecule has 1 aromatic heterocycles. The maximum atomic E-state index is 12.6. The zero-order valence-corrected chi connectivity index (χ0v) is 17.6. The van der Waals surface area contributed by atoms with Gasteiger partial charge in [-0.3, -0.25) is 14.9 Å². The Kier molecular flexibility index (Phi) is 6.70. The maximum absolute atomic E-state index is 12.6. The Morgan fingerprint density at radius 1 is 1.00 bits per heavy atom. The molecule has 3 rings (SSSR count). The molecular formula is C18H11BrF3N3O2S2. The molecule has 0 unspecified atom stereocenters. The van der Waals surface area contributed by atoms with Gasteiger partial charge in [0.25, 0.3) is 5.91 Å². The first-order valence-electron chi connectivity index (χ1n) is 7.96. The monoisotopic (exact) mass is 501 g/mol. The fourth-order valence-corrected chi connectivity index (χ4v) is 4.05. The number of nitrogens with zero attached hydrogens (tertiary/aromatic N) is 2. The van der Waals surface area contributed by atoms with E-state index < -0.39 is 17.6 Å². The second-order valence-electron chi connectivity index (χ2n) is 5.62. The summed E-state index contributed by atoms with van der Waals surface area (Å²) < 4.78 is 39.1. The second kappa shape index (κ2) is 9.06. The van der Waals surface area contributed by atoms with E-state index in [1.54, 1.807) is 24.3 Å². The molecule has 1 N–H and O–H groups in total. The number of aromatic nitrogens is 2. The van der Waals surface area contributed by atoms with E-state index in [1.807, 2.05) is 0 Å². The van der Waals surface area contributed by atoms with Crippen LogP contribution in [0.25, 0.3) is 0 Å². The third-order valence-corrected chi connectivity index (χ3v) is 6.09. The second-order valence-corrected chi connectivity index (χ2v) is 8.74. The molecule has 3 aromatic rings. The predicted octanol–water partition coefficient (Wildman–Crippen LogP) is 5.55. The molecule has 0 aliphatic heterocycles. The van der Waals surface area contributed by atoms with E-state index in [1.165, 1.54) is 11.8 Å². The Hall–Kier alpha value is -2.24. The van der Waals surface area contributed by atoms with Crippen LogP contribution >= 0.6 is 39.0 Å². The van der Waals surface area contributed by atoms with Gasteiger partial charge < -0.3 is 0 Å². The van der Waals surface area contributed by atoms with Crippen molar-refractivity contribution >= 4 is 55.9 Å². The summed E-state index contributed by atoms with van der Waals surface area (Å²) in [6.45, 7) is 0. The molecule has 0 fully saturated rings. The van der Waals surface area contributed by atoms with Gasteiger partial charge in [0.1, 0.15) is 0 Å². The molecule has 0 radical (unpaired) electrons. The van der Waals surface area contributed by atoms with Gasteiger partial charge >= 0.3 is 6.18 Å². The van der Waals surface area contributed by atoms with Gasteiger partial charge in [0.2, 0.25) is 5.13 Å². The number of nitrogens with one attached hydrogen (secondary N) is 1. The number of hydrogen-bond donors (Lipinski definition) is 1. The lowest BCUT2D eigenvalue weighted by molar-refractivity contribution is -0.137. The van der Waals surface area contributed by atoms with Crippen LogP contribution in [0.4, 0.5) is 18.3 Å². The minimum atomic E-state index is -4.46. The van der Waals surface area contributed by atoms with E-state index in [-0.39, 0.29) is 22.2 Å². The molecule has 1 amide bonds. The molecule has 0 spiro atoms. The summed E-state index contributed by atoms with van der Waals surface area (Å²) in [7, 11) is 0. The number of carbonyl (C=O) groups excluding carboxylic acids is 2. The van der Waals surface area contributed by atoms with E-state index >= 15 is 0 Å². The first-order valence-corrected chi connectivity index (χ1v) is 10.6. The minimum absolute atomic E-state index is 0.0628. The summed E-state index contributed by atoms with van der Waals surface area (Å²) in [5, 5.41) is 10.4. The third kappa shape index (κ3) is 5.87. The lowest BCUT2D eigenvalue weighted by Crippen LogP contribution is -2.12. The topological polar surface area (TPSA) is 72.0 Å². The molecule has 0 aliphatic rings. The van der Waals surface area contributed by atoms with E-state index in [0.717, 1.165) is 40.1 Å². The van der Waals surface area contributed by atoms with Crippen molar-refractivity contribution in [2.75, 3.05) is 11.1 Å². The zero-order chi connectivity index (χ0) is 21.0. The molecule has 150 valence electrons. The average Bonchev–Trinajstić information content (AvgIpc) is 3.13. The van der Waals surface area contributed by atoms with Crippen molar-refractivity contribution in [2.24, 2.45) is 0 Å². The lowest BCUT2D eigenvalue weighted by Gasteiger charge is -2.07. The maximum Gasteiger partial charge on any atom is 0.416 e. The van der Waals surface area contributed by atoms with Crippen LogP contribution in [0.2, 0.25) is 0 Å². The average molecular weight is 502 g/mol. The number of amides is 1. The van der Waals surface area contributed by atoms with Crippen molar-refractivity contribution in [3.63, 3.8) is 0 Å². The molecule has 11 heteroatoms. The number of carbonyl (C=O) groups is 2. The van der Waals surface area contributed by atoms with Gasteiger partial charge in [-0.25, -0.2) is 0 Å². The first kappa shape index (κ1) is 21.5. The predicted molar refractivity (Wildman–Crippen MR) is 109 cm³/mol. The molecule has 0 saturated carbocycles. The lowest BCUT2D eigenvalue weighted by atomic mass is 10.1. The third-order valence-electron chi connectivity index (χ3n) is 3.59. The molecule has 0 saturated heterocycles. The van der Waals surface area contributed by atoms with Gasteiger partial charge in [0, 0.05) is 15.6 Å². The Labute approximate surface area is 179 Å². The summed E-state index contributed by atoms with van der Waals surface area (Å²) in [5.74, 6) is -0.520. The molecule has 0 atom stereocenters. The van der Waals surface area contributed by atoms with Crippen LogP contribution in [0.5, 0.6) is 0 Å². The number of rotatable bonds is 6. The normalized spacial score (nSPS) is 11.3. The van der Waals surface area contributed by atoms with Crippen LogP contribution in [0, 0.1) is 0 Å². The fourth-order valence-electron chi connectivity index (χ4n) is 2.14. The summed E-state index contributed by atoms with van der Waals surface area (Å²) in [4.78, 5) is 24.3. The largest absolute Gasteiger partial charge is 0.416 e. The van der Waals surface area contributed by atoms with E-state index in [0.29, 0.717) is 9.90 Å². The van der Waals surface area contributed by atoms with Crippen molar-refractivity contribution in [2.45, 2.75) is 10.5 Å². The van der Waals surface area contributed by atoms with Crippen LogP contribution in [-0.2, 0) is 6.18 Å². The highest BCUT2D eigenvalue weighted by atomic mass is 79.9. The molecule has 5 nitrogen and oxygen atoms in total. The number of anilines is 1. The molecule has 1 heterocycles. The van der Waals surface area contributed by atoms with Crippen molar-refractivity contribution in [3.05, 3.63) is 69.7 Å². The number of halogens is 4. The highest BCUT2D eigenvalue weighted by Crippen LogP contribution is 2.30. The van der Waals surface area contributed by atoms with Gasteiger partial charge in [-0.1, -0.05) is 51.2 Å². The smallest absolute Gasteiger partial charge is 0.296 e. The number of ketones is 1. The van der Waals surface area contributed by atoms with E-state index in [9.17, 15) is 22.8 Å². The van der Waals surface area contributed by atoms with E-state index in [4.69, 9.17) is 0 Å². The van der Waals surface area contributed by atoms with Crippen molar-refractivity contribution in [1.29, 1.82) is 0 Å². The van der Waals surface area contributed by atoms with Crippen LogP contribution in [0.3, 0.4) is 0 Å². The SMILES string of the molecule is O=C(CSc1nnc(NC(=O)c2ccc(C(F)(F)F)cc2)s1)c1ccc(Br)cc1. The van der Waals surface area contributed by atoms with Gasteiger partial charge in [0.15, 0.2) is 10.1 Å². The Morgan fingerprint density at radius 3 is 2.24 bits per heavy atom. The van der Waals surface area contributed by atoms with E-state index in [2.05, 4.69) is 31.4 Å². The highest BCUT2D eigenvalue weighted by Gasteiger charge is 2.30. The summed E-state index contributed by atoms with van der Waals surface area (Å²) in [6, 6.07) is 10.8. The number of alkyl halides is 3. The fraction of sp³-hybridized carbons (Fsp3) is 0.111. The molecular weight excluding hydrogens is 491 g/mol. The van der Waals surface area contributed by atoms with Crippen LogP contribution in [0.15, 0.2) is 57.3 Å². The van der Waals surface area contributed by atoms with Gasteiger partial charge in [-0.15, -0.1) is 10.2 Å². The van der Waals surface area contributed by atoms with Crippen LogP contribution < -0.4 is 5.32 Å². The van der Waals surface area contributed by atoms with Crippen molar-refractivity contribution < 1.29 is 22.8 Å². The number of benzene rings is 2. The standard InChI is InChI=1S/C18H11BrF3N3O2S2/c19-13-7-3-10(4-8-13)14(26)9-28-17-25-24-16(29-17)23-15(27)11-1-5-12(6-2-11)18(20,21)22/h1-8H,9H2,(H,23,24,27). The molecule has 2 aromatic carbocycles. The Bertz CT molecular complexity index is 1020. The van der Waals surface area contributed by atoms with Gasteiger partial charge in [-0.2, -0.15) is 13.2 Å². The quantitative estimate of drug-likeness (QED) is 0.272. The van der Waals surface area contributed by atoms with Crippen molar-refractivity contribution in [1.82, 2.24) is 10.2 Å². The first-order chi connectivity index (χ1) is 13.7. The summed E-state index contributed by atoms with van der Waals surface area (Å²) in [5.41, 5.74) is -0.201. The number of thioether (sulfide) groups is 1. The Balaban J connectivity index is 1.56. The number of Topliss-reactive ketones (excluding diaryl/α,β-unsaturated/α-hetero) is 1. The van der Waals surface area contributed by atoms with Crippen LogP contribution in [0.1, 0.15) is 26.3 Å². The molecule has 29 heavy (non-hydrogen) atoms. The van der Waals surface area contributed by atoms with Crippen molar-refractivity contribution in [3.8, 4) is 0 Å². The molecule has 0 aliphatic carbocycles. The number of hydrogen-bond acceptors (Lipinski definition) is 6. The summed E-state index contributed by atoms with van der Waals surface area (Å²) >= 11 is 5.56. The Morgan fingerprint density at radius 2 is 1.62 bits per heavy atom.